The molecule has 0 bridgehead atoms. The van der Waals surface area contributed by atoms with Gasteiger partial charge in [-0.05, 0) is 36.8 Å². The summed E-state index contributed by atoms with van der Waals surface area (Å²) in [6, 6.07) is 6.28. The molecule has 0 fully saturated rings. The number of fused-ring (bicyclic) bond motifs is 1. The van der Waals surface area contributed by atoms with Gasteiger partial charge in [0.1, 0.15) is 13.2 Å². The molecule has 0 unspecified atom stereocenters. The molecular formula is C17H25BrO2S. The van der Waals surface area contributed by atoms with Crippen LogP contribution in [0.2, 0.25) is 0 Å². The Morgan fingerprint density at radius 2 is 1.52 bits per heavy atom. The Hall–Kier alpha value is -0.350. The van der Waals surface area contributed by atoms with Gasteiger partial charge in [-0.2, -0.15) is 0 Å². The molecule has 0 saturated heterocycles. The SMILES string of the molecule is BrCCCCCCCCCSc1ccc2c(c1)OCCO2. The van der Waals surface area contributed by atoms with Crippen molar-refractivity contribution in [3.63, 3.8) is 0 Å². The number of unbranched alkanes of at least 4 members (excludes halogenated alkanes) is 6. The second kappa shape index (κ2) is 10.4. The third-order valence-corrected chi connectivity index (χ3v) is 5.20. The number of alkyl halides is 1. The minimum Gasteiger partial charge on any atom is -0.486 e. The highest BCUT2D eigenvalue weighted by atomic mass is 79.9. The quantitative estimate of drug-likeness (QED) is 0.299. The van der Waals surface area contributed by atoms with E-state index >= 15 is 0 Å². The van der Waals surface area contributed by atoms with E-state index in [0.717, 1.165) is 16.8 Å². The predicted octanol–water partition coefficient (Wildman–Crippen LogP) is 5.68. The van der Waals surface area contributed by atoms with Gasteiger partial charge in [-0.3, -0.25) is 0 Å². The molecule has 0 aliphatic carbocycles. The summed E-state index contributed by atoms with van der Waals surface area (Å²) < 4.78 is 11.2. The van der Waals surface area contributed by atoms with Gasteiger partial charge in [0.05, 0.1) is 0 Å². The molecule has 1 heterocycles. The molecule has 21 heavy (non-hydrogen) atoms. The summed E-state index contributed by atoms with van der Waals surface area (Å²) in [5.74, 6) is 2.98. The van der Waals surface area contributed by atoms with Crippen molar-refractivity contribution >= 4 is 27.7 Å². The number of rotatable bonds is 10. The van der Waals surface area contributed by atoms with Crippen LogP contribution in [-0.2, 0) is 0 Å². The molecule has 1 aromatic rings. The largest absolute Gasteiger partial charge is 0.486 e. The van der Waals surface area contributed by atoms with E-state index in [1.165, 1.54) is 55.6 Å². The van der Waals surface area contributed by atoms with Crippen molar-refractivity contribution in [3.8, 4) is 11.5 Å². The van der Waals surface area contributed by atoms with Gasteiger partial charge < -0.3 is 9.47 Å². The molecule has 0 radical (unpaired) electrons. The zero-order chi connectivity index (χ0) is 14.8. The van der Waals surface area contributed by atoms with Crippen LogP contribution in [0, 0.1) is 0 Å². The van der Waals surface area contributed by atoms with Crippen LogP contribution in [-0.4, -0.2) is 24.3 Å². The van der Waals surface area contributed by atoms with Crippen LogP contribution in [0.1, 0.15) is 44.9 Å². The van der Waals surface area contributed by atoms with Crippen molar-refractivity contribution in [1.82, 2.24) is 0 Å². The molecule has 2 nitrogen and oxygen atoms in total. The van der Waals surface area contributed by atoms with E-state index in [4.69, 9.17) is 9.47 Å². The van der Waals surface area contributed by atoms with E-state index in [1.54, 1.807) is 0 Å². The first kappa shape index (κ1) is 17.0. The Labute approximate surface area is 141 Å². The van der Waals surface area contributed by atoms with Gasteiger partial charge in [-0.1, -0.05) is 48.0 Å². The Balaban J connectivity index is 1.54. The van der Waals surface area contributed by atoms with E-state index in [0.29, 0.717) is 13.2 Å². The van der Waals surface area contributed by atoms with Crippen LogP contribution in [0.3, 0.4) is 0 Å². The van der Waals surface area contributed by atoms with Crippen LogP contribution >= 0.6 is 27.7 Å². The summed E-state index contributed by atoms with van der Waals surface area (Å²) in [5, 5.41) is 1.15. The van der Waals surface area contributed by atoms with Crippen molar-refractivity contribution in [3.05, 3.63) is 18.2 Å². The number of hydrogen-bond donors (Lipinski definition) is 0. The molecule has 1 aliphatic rings. The van der Waals surface area contributed by atoms with Crippen LogP contribution in [0.25, 0.3) is 0 Å². The highest BCUT2D eigenvalue weighted by Gasteiger charge is 2.11. The number of ether oxygens (including phenoxy) is 2. The first-order chi connectivity index (χ1) is 10.4. The van der Waals surface area contributed by atoms with Gasteiger partial charge >= 0.3 is 0 Å². The van der Waals surface area contributed by atoms with Gasteiger partial charge in [0, 0.05) is 10.2 Å². The Morgan fingerprint density at radius 3 is 2.29 bits per heavy atom. The molecule has 1 aromatic carbocycles. The van der Waals surface area contributed by atoms with Gasteiger partial charge in [-0.15, -0.1) is 11.8 Å². The average molecular weight is 373 g/mol. The lowest BCUT2D eigenvalue weighted by Crippen LogP contribution is -2.15. The summed E-state index contributed by atoms with van der Waals surface area (Å²) >= 11 is 5.40. The summed E-state index contributed by atoms with van der Waals surface area (Å²) in [6.45, 7) is 1.32. The number of hydrogen-bond acceptors (Lipinski definition) is 3. The molecule has 0 atom stereocenters. The monoisotopic (exact) mass is 372 g/mol. The lowest BCUT2D eigenvalue weighted by Gasteiger charge is -2.18. The van der Waals surface area contributed by atoms with Gasteiger partial charge in [0.2, 0.25) is 0 Å². The smallest absolute Gasteiger partial charge is 0.162 e. The highest BCUT2D eigenvalue weighted by molar-refractivity contribution is 9.09. The van der Waals surface area contributed by atoms with E-state index in [1.807, 2.05) is 17.8 Å². The van der Waals surface area contributed by atoms with Crippen LogP contribution in [0.4, 0.5) is 0 Å². The lowest BCUT2D eigenvalue weighted by molar-refractivity contribution is 0.171. The number of benzene rings is 1. The standard InChI is InChI=1S/C17H25BrO2S/c18-10-6-4-2-1-3-5-7-13-21-15-8-9-16-17(14-15)20-12-11-19-16/h8-9,14H,1-7,10-13H2. The predicted molar refractivity (Wildman–Crippen MR) is 94.3 cm³/mol. The van der Waals surface area contributed by atoms with Crippen LogP contribution in [0.15, 0.2) is 23.1 Å². The topological polar surface area (TPSA) is 18.5 Å². The Bertz CT molecular complexity index is 412. The molecule has 118 valence electrons. The van der Waals surface area contributed by atoms with Gasteiger partial charge in [-0.25, -0.2) is 0 Å². The Kier molecular flexibility index (Phi) is 8.42. The zero-order valence-corrected chi connectivity index (χ0v) is 15.0. The number of thioether (sulfide) groups is 1. The van der Waals surface area contributed by atoms with E-state index in [9.17, 15) is 0 Å². The fraction of sp³-hybridized carbons (Fsp3) is 0.647. The normalized spacial score (nSPS) is 13.4. The third-order valence-electron chi connectivity index (χ3n) is 3.56. The summed E-state index contributed by atoms with van der Waals surface area (Å²) in [5.41, 5.74) is 0. The first-order valence-corrected chi connectivity index (χ1v) is 10.1. The molecule has 0 aromatic heterocycles. The fourth-order valence-electron chi connectivity index (χ4n) is 2.38. The van der Waals surface area contributed by atoms with Crippen molar-refractivity contribution < 1.29 is 9.47 Å². The molecule has 2 rings (SSSR count). The maximum atomic E-state index is 5.61. The summed E-state index contributed by atoms with van der Waals surface area (Å²) in [4.78, 5) is 1.29. The molecular weight excluding hydrogens is 348 g/mol. The first-order valence-electron chi connectivity index (χ1n) is 7.98. The van der Waals surface area contributed by atoms with E-state index in [2.05, 4.69) is 28.1 Å². The molecule has 1 aliphatic heterocycles. The molecule has 0 amide bonds. The molecule has 0 saturated carbocycles. The Morgan fingerprint density at radius 1 is 0.857 bits per heavy atom. The fourth-order valence-corrected chi connectivity index (χ4v) is 3.72. The summed E-state index contributed by atoms with van der Waals surface area (Å²) in [6.07, 6.45) is 9.51. The van der Waals surface area contributed by atoms with Crippen LogP contribution < -0.4 is 9.47 Å². The van der Waals surface area contributed by atoms with Crippen molar-refractivity contribution in [2.45, 2.75) is 49.8 Å². The average Bonchev–Trinajstić information content (AvgIpc) is 2.53. The van der Waals surface area contributed by atoms with Crippen molar-refractivity contribution in [2.24, 2.45) is 0 Å². The maximum Gasteiger partial charge on any atom is 0.162 e. The van der Waals surface area contributed by atoms with Crippen LogP contribution in [0.5, 0.6) is 11.5 Å². The lowest BCUT2D eigenvalue weighted by atomic mass is 10.1. The summed E-state index contributed by atoms with van der Waals surface area (Å²) in [7, 11) is 0. The van der Waals surface area contributed by atoms with E-state index < -0.39 is 0 Å². The van der Waals surface area contributed by atoms with Gasteiger partial charge in [0.15, 0.2) is 11.5 Å². The van der Waals surface area contributed by atoms with Crippen molar-refractivity contribution in [1.29, 1.82) is 0 Å². The minimum absolute atomic E-state index is 0.662. The van der Waals surface area contributed by atoms with E-state index in [-0.39, 0.29) is 0 Å². The minimum atomic E-state index is 0.662. The second-order valence-corrected chi connectivity index (χ2v) is 7.28. The molecule has 0 spiro atoms. The number of halogens is 1. The van der Waals surface area contributed by atoms with Crippen molar-refractivity contribution in [2.75, 3.05) is 24.3 Å². The maximum absolute atomic E-state index is 5.61. The highest BCUT2D eigenvalue weighted by Crippen LogP contribution is 2.34. The van der Waals surface area contributed by atoms with Gasteiger partial charge in [0.25, 0.3) is 0 Å². The third kappa shape index (κ3) is 6.52. The molecule has 4 heteroatoms. The molecule has 0 N–H and O–H groups in total. The second-order valence-electron chi connectivity index (χ2n) is 5.32. The zero-order valence-electron chi connectivity index (χ0n) is 12.6.